The van der Waals surface area contributed by atoms with Gasteiger partial charge < -0.3 is 10.4 Å². The Morgan fingerprint density at radius 1 is 1.24 bits per heavy atom. The molecule has 0 aromatic rings. The number of aliphatic carboxylic acids is 1. The van der Waals surface area contributed by atoms with Gasteiger partial charge in [-0.2, -0.15) is 0 Å². The first-order chi connectivity index (χ1) is 8.14. The Bertz CT molecular complexity index is 228. The first-order valence-electron chi connectivity index (χ1n) is 7.13. The van der Waals surface area contributed by atoms with Gasteiger partial charge in [-0.25, -0.2) is 0 Å². The average Bonchev–Trinajstić information content (AvgIpc) is 2.79. The SMILES string of the molecule is CCCC(CCC)(NCC1CCCC1)C(=O)O. The molecule has 17 heavy (non-hydrogen) atoms. The standard InChI is InChI=1S/C14H27NO2/c1-3-9-14(10-4-2,13(16)17)15-11-12-7-5-6-8-12/h12,15H,3-11H2,1-2H3,(H,16,17). The van der Waals surface area contributed by atoms with Crippen LogP contribution in [0.5, 0.6) is 0 Å². The highest BCUT2D eigenvalue weighted by Crippen LogP contribution is 2.26. The Balaban J connectivity index is 2.56. The number of carboxylic acid groups (broad SMARTS) is 1. The highest BCUT2D eigenvalue weighted by molar-refractivity contribution is 5.78. The Morgan fingerprint density at radius 3 is 2.18 bits per heavy atom. The topological polar surface area (TPSA) is 49.3 Å². The van der Waals surface area contributed by atoms with E-state index in [2.05, 4.69) is 19.2 Å². The summed E-state index contributed by atoms with van der Waals surface area (Å²) in [5.74, 6) is 0.0293. The van der Waals surface area contributed by atoms with Crippen molar-refractivity contribution in [2.75, 3.05) is 6.54 Å². The van der Waals surface area contributed by atoms with Crippen molar-refractivity contribution in [2.45, 2.75) is 70.8 Å². The number of carboxylic acids is 1. The lowest BCUT2D eigenvalue weighted by molar-refractivity contribution is -0.145. The maximum Gasteiger partial charge on any atom is 0.323 e. The van der Waals surface area contributed by atoms with Crippen molar-refractivity contribution in [1.82, 2.24) is 5.32 Å². The van der Waals surface area contributed by atoms with Gasteiger partial charge in [0.15, 0.2) is 0 Å². The lowest BCUT2D eigenvalue weighted by atomic mass is 9.88. The largest absolute Gasteiger partial charge is 0.480 e. The van der Waals surface area contributed by atoms with Crippen LogP contribution in [0.15, 0.2) is 0 Å². The fourth-order valence-corrected chi connectivity index (χ4v) is 3.00. The first-order valence-corrected chi connectivity index (χ1v) is 7.13. The molecular formula is C14H27NO2. The molecule has 0 aliphatic heterocycles. The summed E-state index contributed by atoms with van der Waals surface area (Å²) >= 11 is 0. The fraction of sp³-hybridized carbons (Fsp3) is 0.929. The van der Waals surface area contributed by atoms with Gasteiger partial charge in [0.05, 0.1) is 0 Å². The van der Waals surface area contributed by atoms with E-state index in [1.807, 2.05) is 0 Å². The lowest BCUT2D eigenvalue weighted by Gasteiger charge is -2.31. The van der Waals surface area contributed by atoms with Gasteiger partial charge in [-0.3, -0.25) is 4.79 Å². The van der Waals surface area contributed by atoms with Gasteiger partial charge in [0.1, 0.15) is 5.54 Å². The Kier molecular flexibility index (Phi) is 5.96. The van der Waals surface area contributed by atoms with Gasteiger partial charge >= 0.3 is 5.97 Å². The third-order valence-electron chi connectivity index (χ3n) is 3.97. The quantitative estimate of drug-likeness (QED) is 0.686. The minimum atomic E-state index is -0.675. The Labute approximate surface area is 105 Å². The Morgan fingerprint density at radius 2 is 1.76 bits per heavy atom. The van der Waals surface area contributed by atoms with Gasteiger partial charge in [-0.05, 0) is 38.1 Å². The van der Waals surface area contributed by atoms with E-state index in [1.165, 1.54) is 25.7 Å². The molecule has 100 valence electrons. The maximum absolute atomic E-state index is 11.5. The summed E-state index contributed by atoms with van der Waals surface area (Å²) in [5.41, 5.74) is -0.675. The molecule has 0 aromatic carbocycles. The predicted molar refractivity (Wildman–Crippen MR) is 70.1 cm³/mol. The van der Waals surface area contributed by atoms with Crippen molar-refractivity contribution in [3.8, 4) is 0 Å². The van der Waals surface area contributed by atoms with E-state index in [0.29, 0.717) is 5.92 Å². The first kappa shape index (κ1) is 14.5. The van der Waals surface area contributed by atoms with Crippen LogP contribution in [-0.2, 0) is 4.79 Å². The Hall–Kier alpha value is -0.570. The van der Waals surface area contributed by atoms with E-state index in [-0.39, 0.29) is 0 Å². The molecule has 0 unspecified atom stereocenters. The highest BCUT2D eigenvalue weighted by Gasteiger charge is 2.36. The zero-order valence-electron chi connectivity index (χ0n) is 11.3. The van der Waals surface area contributed by atoms with Crippen LogP contribution >= 0.6 is 0 Å². The second kappa shape index (κ2) is 7.00. The van der Waals surface area contributed by atoms with Crippen molar-refractivity contribution in [3.05, 3.63) is 0 Å². The third-order valence-corrected chi connectivity index (χ3v) is 3.97. The van der Waals surface area contributed by atoms with Crippen LogP contribution in [-0.4, -0.2) is 23.2 Å². The summed E-state index contributed by atoms with van der Waals surface area (Å²) in [6, 6.07) is 0. The minimum absolute atomic E-state index is 0.667. The van der Waals surface area contributed by atoms with Crippen LogP contribution in [0.1, 0.15) is 65.2 Å². The molecule has 1 fully saturated rings. The number of hydrogen-bond acceptors (Lipinski definition) is 2. The molecule has 1 rings (SSSR count). The summed E-state index contributed by atoms with van der Waals surface area (Å²) in [4.78, 5) is 11.5. The molecule has 0 heterocycles. The molecule has 0 aromatic heterocycles. The van der Waals surface area contributed by atoms with Crippen molar-refractivity contribution in [1.29, 1.82) is 0 Å². The second-order valence-electron chi connectivity index (χ2n) is 5.42. The van der Waals surface area contributed by atoms with Gasteiger partial charge in [-0.15, -0.1) is 0 Å². The zero-order valence-corrected chi connectivity index (χ0v) is 11.3. The normalized spacial score (nSPS) is 17.5. The predicted octanol–water partition coefficient (Wildman–Crippen LogP) is 3.19. The van der Waals surface area contributed by atoms with E-state index >= 15 is 0 Å². The molecule has 0 radical (unpaired) electrons. The number of nitrogens with one attached hydrogen (secondary N) is 1. The van der Waals surface area contributed by atoms with Crippen molar-refractivity contribution in [2.24, 2.45) is 5.92 Å². The molecule has 1 aliphatic carbocycles. The number of hydrogen-bond donors (Lipinski definition) is 2. The zero-order chi connectivity index (χ0) is 12.7. The molecule has 3 nitrogen and oxygen atoms in total. The molecule has 0 atom stereocenters. The van der Waals surface area contributed by atoms with Crippen LogP contribution < -0.4 is 5.32 Å². The van der Waals surface area contributed by atoms with E-state index < -0.39 is 11.5 Å². The van der Waals surface area contributed by atoms with Crippen LogP contribution in [0.25, 0.3) is 0 Å². The van der Waals surface area contributed by atoms with Crippen molar-refractivity contribution >= 4 is 5.97 Å². The van der Waals surface area contributed by atoms with Crippen LogP contribution in [0, 0.1) is 5.92 Å². The van der Waals surface area contributed by atoms with E-state index in [4.69, 9.17) is 0 Å². The summed E-state index contributed by atoms with van der Waals surface area (Å²) in [5, 5.41) is 12.9. The summed E-state index contributed by atoms with van der Waals surface area (Å²) in [7, 11) is 0. The molecule has 2 N–H and O–H groups in total. The monoisotopic (exact) mass is 241 g/mol. The molecule has 3 heteroatoms. The molecule has 1 saturated carbocycles. The number of rotatable bonds is 8. The maximum atomic E-state index is 11.5. The van der Waals surface area contributed by atoms with Gasteiger partial charge in [0.2, 0.25) is 0 Å². The van der Waals surface area contributed by atoms with Crippen molar-refractivity contribution < 1.29 is 9.90 Å². The van der Waals surface area contributed by atoms with Crippen molar-refractivity contribution in [3.63, 3.8) is 0 Å². The van der Waals surface area contributed by atoms with E-state index in [9.17, 15) is 9.90 Å². The van der Waals surface area contributed by atoms with Gasteiger partial charge in [-0.1, -0.05) is 39.5 Å². The molecular weight excluding hydrogens is 214 g/mol. The molecule has 0 amide bonds. The third kappa shape index (κ3) is 3.98. The summed E-state index contributed by atoms with van der Waals surface area (Å²) in [6.45, 7) is 5.00. The van der Waals surface area contributed by atoms with Crippen LogP contribution in [0.3, 0.4) is 0 Å². The minimum Gasteiger partial charge on any atom is -0.480 e. The van der Waals surface area contributed by atoms with Crippen LogP contribution in [0.2, 0.25) is 0 Å². The molecule has 0 bridgehead atoms. The lowest BCUT2D eigenvalue weighted by Crippen LogP contribution is -2.53. The fourth-order valence-electron chi connectivity index (χ4n) is 3.00. The van der Waals surface area contributed by atoms with Crippen LogP contribution in [0.4, 0.5) is 0 Å². The number of carbonyl (C=O) groups is 1. The van der Waals surface area contributed by atoms with Gasteiger partial charge in [0, 0.05) is 0 Å². The summed E-state index contributed by atoms with van der Waals surface area (Å²) < 4.78 is 0. The van der Waals surface area contributed by atoms with Gasteiger partial charge in [0.25, 0.3) is 0 Å². The van der Waals surface area contributed by atoms with E-state index in [0.717, 1.165) is 32.2 Å². The average molecular weight is 241 g/mol. The molecule has 0 spiro atoms. The summed E-state index contributed by atoms with van der Waals surface area (Å²) in [6.07, 6.45) is 8.48. The molecule has 0 saturated heterocycles. The molecule has 1 aliphatic rings. The highest BCUT2D eigenvalue weighted by atomic mass is 16.4. The van der Waals surface area contributed by atoms with E-state index in [1.54, 1.807) is 0 Å². The second-order valence-corrected chi connectivity index (χ2v) is 5.42. The smallest absolute Gasteiger partial charge is 0.323 e.